The summed E-state index contributed by atoms with van der Waals surface area (Å²) < 4.78 is 0. The molecule has 0 saturated carbocycles. The summed E-state index contributed by atoms with van der Waals surface area (Å²) in [6.45, 7) is 6.81. The third-order valence-electron chi connectivity index (χ3n) is 1.77. The zero-order valence-corrected chi connectivity index (χ0v) is 9.11. The van der Waals surface area contributed by atoms with E-state index in [1.807, 2.05) is 0 Å². The molecule has 1 aromatic heterocycles. The molecule has 0 saturated heterocycles. The zero-order chi connectivity index (χ0) is 10.1. The fourth-order valence-corrected chi connectivity index (χ4v) is 2.21. The summed E-state index contributed by atoms with van der Waals surface area (Å²) in [5.41, 5.74) is 6.63. The average molecular weight is 200 g/mol. The minimum absolute atomic E-state index is 0.00769. The molecule has 3 nitrogen and oxygen atoms in total. The number of nitrogens with two attached hydrogens (primary N) is 1. The lowest BCUT2D eigenvalue weighted by Crippen LogP contribution is -2.15. The normalized spacial score (nSPS) is 12.1. The summed E-state index contributed by atoms with van der Waals surface area (Å²) in [5.74, 6) is 0. The van der Waals surface area contributed by atoms with Gasteiger partial charge in [-0.25, -0.2) is 4.98 Å². The van der Waals surface area contributed by atoms with E-state index >= 15 is 0 Å². The van der Waals surface area contributed by atoms with Crippen LogP contribution in [0.3, 0.4) is 0 Å². The molecule has 0 spiro atoms. The van der Waals surface area contributed by atoms with Crippen LogP contribution in [0.5, 0.6) is 0 Å². The highest BCUT2D eigenvalue weighted by Gasteiger charge is 2.21. The summed E-state index contributed by atoms with van der Waals surface area (Å²) in [5, 5.41) is 9.70. The predicted molar refractivity (Wildman–Crippen MR) is 54.6 cm³/mol. The van der Waals surface area contributed by atoms with Gasteiger partial charge >= 0.3 is 0 Å². The molecule has 0 aromatic carbocycles. The summed E-state index contributed by atoms with van der Waals surface area (Å²) in [6.07, 6.45) is 0. The first kappa shape index (κ1) is 10.6. The molecular weight excluding hydrogens is 184 g/mol. The molecule has 0 aliphatic heterocycles. The molecule has 0 amide bonds. The SMILES string of the molecule is CC(C)(C)c1nc(CO)sc1CN. The first-order valence-corrected chi connectivity index (χ1v) is 5.10. The molecule has 0 fully saturated rings. The van der Waals surface area contributed by atoms with Crippen molar-refractivity contribution in [3.8, 4) is 0 Å². The van der Waals surface area contributed by atoms with Gasteiger partial charge in [-0.15, -0.1) is 11.3 Å². The van der Waals surface area contributed by atoms with Gasteiger partial charge in [0.25, 0.3) is 0 Å². The first-order chi connectivity index (χ1) is 5.99. The third-order valence-corrected chi connectivity index (χ3v) is 2.84. The Morgan fingerprint density at radius 3 is 2.38 bits per heavy atom. The second-order valence-electron chi connectivity index (χ2n) is 3.99. The van der Waals surface area contributed by atoms with Crippen LogP contribution in [0, 0.1) is 0 Å². The highest BCUT2D eigenvalue weighted by atomic mass is 32.1. The molecule has 1 rings (SSSR count). The standard InChI is InChI=1S/C9H16N2OS/c1-9(2,3)8-6(4-10)13-7(5-12)11-8/h12H,4-5,10H2,1-3H3. The number of aliphatic hydroxyl groups excluding tert-OH is 1. The van der Waals surface area contributed by atoms with E-state index < -0.39 is 0 Å². The van der Waals surface area contributed by atoms with Crippen LogP contribution in [0.2, 0.25) is 0 Å². The van der Waals surface area contributed by atoms with Gasteiger partial charge in [0.1, 0.15) is 5.01 Å². The number of hydrogen-bond acceptors (Lipinski definition) is 4. The molecule has 0 atom stereocenters. The van der Waals surface area contributed by atoms with Gasteiger partial charge in [0.2, 0.25) is 0 Å². The Hall–Kier alpha value is -0.450. The van der Waals surface area contributed by atoms with Crippen molar-refractivity contribution < 1.29 is 5.11 Å². The zero-order valence-electron chi connectivity index (χ0n) is 8.29. The van der Waals surface area contributed by atoms with Crippen molar-refractivity contribution in [1.82, 2.24) is 4.98 Å². The molecule has 74 valence electrons. The van der Waals surface area contributed by atoms with Gasteiger partial charge in [0.05, 0.1) is 12.3 Å². The Morgan fingerprint density at radius 1 is 1.46 bits per heavy atom. The summed E-state index contributed by atoms with van der Waals surface area (Å²) in [6, 6.07) is 0. The van der Waals surface area contributed by atoms with Crippen LogP contribution in [0.1, 0.15) is 36.3 Å². The van der Waals surface area contributed by atoms with E-state index in [0.29, 0.717) is 6.54 Å². The van der Waals surface area contributed by atoms with Crippen LogP contribution in [0.25, 0.3) is 0 Å². The number of hydrogen-bond donors (Lipinski definition) is 2. The van der Waals surface area contributed by atoms with E-state index in [1.54, 1.807) is 0 Å². The Labute approximate surface area is 82.6 Å². The van der Waals surface area contributed by atoms with Crippen molar-refractivity contribution in [2.75, 3.05) is 0 Å². The van der Waals surface area contributed by atoms with Gasteiger partial charge in [-0.05, 0) is 0 Å². The number of nitrogens with zero attached hydrogens (tertiary/aromatic N) is 1. The second kappa shape index (κ2) is 3.74. The number of aromatic nitrogens is 1. The van der Waals surface area contributed by atoms with Gasteiger partial charge in [-0.3, -0.25) is 0 Å². The van der Waals surface area contributed by atoms with Gasteiger partial charge in [0, 0.05) is 16.8 Å². The lowest BCUT2D eigenvalue weighted by Gasteiger charge is -2.16. The van der Waals surface area contributed by atoms with Crippen LogP contribution >= 0.6 is 11.3 Å². The van der Waals surface area contributed by atoms with Crippen molar-refractivity contribution >= 4 is 11.3 Å². The van der Waals surface area contributed by atoms with Gasteiger partial charge in [0.15, 0.2) is 0 Å². The van der Waals surface area contributed by atoms with Gasteiger partial charge in [-0.1, -0.05) is 20.8 Å². The third kappa shape index (κ3) is 2.27. The van der Waals surface area contributed by atoms with E-state index in [0.717, 1.165) is 15.6 Å². The molecule has 0 aliphatic rings. The molecular formula is C9H16N2OS. The highest BCUT2D eigenvalue weighted by Crippen LogP contribution is 2.29. The Morgan fingerprint density at radius 2 is 2.08 bits per heavy atom. The van der Waals surface area contributed by atoms with E-state index in [-0.39, 0.29) is 12.0 Å². The monoisotopic (exact) mass is 200 g/mol. The van der Waals surface area contributed by atoms with Crippen molar-refractivity contribution in [3.63, 3.8) is 0 Å². The molecule has 0 unspecified atom stereocenters. The van der Waals surface area contributed by atoms with Crippen molar-refractivity contribution in [1.29, 1.82) is 0 Å². The number of rotatable bonds is 2. The number of thiazole rings is 1. The molecule has 3 N–H and O–H groups in total. The maximum atomic E-state index is 8.94. The fourth-order valence-electron chi connectivity index (χ4n) is 1.19. The van der Waals surface area contributed by atoms with E-state index in [4.69, 9.17) is 10.8 Å². The molecule has 1 aromatic rings. The first-order valence-electron chi connectivity index (χ1n) is 4.29. The fraction of sp³-hybridized carbons (Fsp3) is 0.667. The predicted octanol–water partition coefficient (Wildman–Crippen LogP) is 1.39. The number of aliphatic hydroxyl groups is 1. The molecule has 0 radical (unpaired) electrons. The van der Waals surface area contributed by atoms with Crippen molar-refractivity contribution in [2.24, 2.45) is 5.73 Å². The van der Waals surface area contributed by atoms with E-state index in [9.17, 15) is 0 Å². The molecule has 1 heterocycles. The Balaban J connectivity index is 3.11. The molecule has 4 heteroatoms. The topological polar surface area (TPSA) is 59.1 Å². The van der Waals surface area contributed by atoms with E-state index in [2.05, 4.69) is 25.8 Å². The van der Waals surface area contributed by atoms with Crippen LogP contribution < -0.4 is 5.73 Å². The maximum Gasteiger partial charge on any atom is 0.119 e. The quantitative estimate of drug-likeness (QED) is 0.758. The lowest BCUT2D eigenvalue weighted by atomic mass is 9.91. The van der Waals surface area contributed by atoms with Crippen LogP contribution in [0.15, 0.2) is 0 Å². The summed E-state index contributed by atoms with van der Waals surface area (Å²) in [7, 11) is 0. The second-order valence-corrected chi connectivity index (χ2v) is 5.16. The van der Waals surface area contributed by atoms with E-state index in [1.165, 1.54) is 11.3 Å². The molecule has 13 heavy (non-hydrogen) atoms. The van der Waals surface area contributed by atoms with Crippen molar-refractivity contribution in [3.05, 3.63) is 15.6 Å². The van der Waals surface area contributed by atoms with Crippen LogP contribution in [-0.2, 0) is 18.6 Å². The Kier molecular flexibility index (Phi) is 3.05. The van der Waals surface area contributed by atoms with Crippen molar-refractivity contribution in [2.45, 2.75) is 39.3 Å². The highest BCUT2D eigenvalue weighted by molar-refractivity contribution is 7.11. The van der Waals surface area contributed by atoms with Crippen LogP contribution in [-0.4, -0.2) is 10.1 Å². The van der Waals surface area contributed by atoms with Gasteiger partial charge < -0.3 is 10.8 Å². The lowest BCUT2D eigenvalue weighted by molar-refractivity contribution is 0.280. The van der Waals surface area contributed by atoms with Gasteiger partial charge in [-0.2, -0.15) is 0 Å². The maximum absolute atomic E-state index is 8.94. The smallest absolute Gasteiger partial charge is 0.119 e. The largest absolute Gasteiger partial charge is 0.389 e. The minimum atomic E-state index is 0.00769. The molecule has 0 aliphatic carbocycles. The summed E-state index contributed by atoms with van der Waals surface area (Å²) >= 11 is 1.50. The van der Waals surface area contributed by atoms with Crippen LogP contribution in [0.4, 0.5) is 0 Å². The Bertz CT molecular complexity index is 288. The molecule has 0 bridgehead atoms. The minimum Gasteiger partial charge on any atom is -0.389 e. The summed E-state index contributed by atoms with van der Waals surface area (Å²) in [4.78, 5) is 5.44. The average Bonchev–Trinajstić information content (AvgIpc) is 2.46.